The zero-order valence-corrected chi connectivity index (χ0v) is 12.8. The number of rotatable bonds is 1. The largest absolute Gasteiger partial charge is 0.444 e. The summed E-state index contributed by atoms with van der Waals surface area (Å²) in [7, 11) is 0. The van der Waals surface area contributed by atoms with Crippen LogP contribution in [0, 0.1) is 25.2 Å². The summed E-state index contributed by atoms with van der Waals surface area (Å²) in [6.07, 6.45) is 2.00. The number of ketones is 1. The number of nitrogens with two attached hydrogens (primary N) is 1. The van der Waals surface area contributed by atoms with Crippen molar-refractivity contribution >= 4 is 17.1 Å². The summed E-state index contributed by atoms with van der Waals surface area (Å²) in [4.78, 5) is 14.7. The molecule has 1 aliphatic carbocycles. The van der Waals surface area contributed by atoms with E-state index in [0.717, 1.165) is 21.7 Å². The minimum Gasteiger partial charge on any atom is -0.444 e. The van der Waals surface area contributed by atoms with E-state index in [1.807, 2.05) is 19.9 Å². The van der Waals surface area contributed by atoms with Crippen LogP contribution in [0.1, 0.15) is 40.5 Å². The number of ether oxygens (including phenoxy) is 1. The van der Waals surface area contributed by atoms with E-state index in [4.69, 9.17) is 10.5 Å². The molecule has 0 saturated carbocycles. The van der Waals surface area contributed by atoms with Crippen LogP contribution in [0.4, 0.5) is 0 Å². The summed E-state index contributed by atoms with van der Waals surface area (Å²) in [5, 5.41) is 9.47. The Bertz CT molecular complexity index is 734. The Labute approximate surface area is 127 Å². The molecule has 108 valence electrons. The highest BCUT2D eigenvalue weighted by Crippen LogP contribution is 2.45. The van der Waals surface area contributed by atoms with Crippen LogP contribution >= 0.6 is 11.3 Å². The lowest BCUT2D eigenvalue weighted by molar-refractivity contribution is -0.116. The summed E-state index contributed by atoms with van der Waals surface area (Å²) in [5.41, 5.74) is 7.91. The van der Waals surface area contributed by atoms with E-state index in [2.05, 4.69) is 6.07 Å². The van der Waals surface area contributed by atoms with Gasteiger partial charge in [-0.15, -0.1) is 11.3 Å². The van der Waals surface area contributed by atoms with Gasteiger partial charge in [-0.2, -0.15) is 5.26 Å². The van der Waals surface area contributed by atoms with Crippen LogP contribution in [-0.2, 0) is 9.53 Å². The van der Waals surface area contributed by atoms with Crippen molar-refractivity contribution in [2.24, 2.45) is 5.73 Å². The van der Waals surface area contributed by atoms with E-state index in [-0.39, 0.29) is 17.6 Å². The van der Waals surface area contributed by atoms with Crippen LogP contribution in [0.15, 0.2) is 28.9 Å². The third-order valence-electron chi connectivity index (χ3n) is 4.00. The normalized spacial score (nSPS) is 22.0. The Morgan fingerprint density at radius 1 is 1.43 bits per heavy atom. The van der Waals surface area contributed by atoms with Gasteiger partial charge in [0.15, 0.2) is 5.78 Å². The van der Waals surface area contributed by atoms with Gasteiger partial charge in [0.2, 0.25) is 5.88 Å². The predicted octanol–water partition coefficient (Wildman–Crippen LogP) is 3.18. The average molecular weight is 300 g/mol. The monoisotopic (exact) mass is 300 g/mol. The topological polar surface area (TPSA) is 76.1 Å². The maximum Gasteiger partial charge on any atom is 0.205 e. The van der Waals surface area contributed by atoms with E-state index >= 15 is 0 Å². The summed E-state index contributed by atoms with van der Waals surface area (Å²) in [5.74, 6) is 0.497. The molecule has 2 N–H and O–H groups in total. The highest BCUT2D eigenvalue weighted by atomic mass is 32.1. The molecule has 4 nitrogen and oxygen atoms in total. The van der Waals surface area contributed by atoms with E-state index in [1.54, 1.807) is 11.3 Å². The molecular weight excluding hydrogens is 284 g/mol. The second-order valence-corrected chi connectivity index (χ2v) is 6.87. The van der Waals surface area contributed by atoms with Gasteiger partial charge in [0.25, 0.3) is 0 Å². The van der Waals surface area contributed by atoms with Crippen LogP contribution in [0.5, 0.6) is 0 Å². The molecule has 0 amide bonds. The number of aryl methyl sites for hydroxylation is 2. The lowest BCUT2D eigenvalue weighted by Crippen LogP contribution is -2.27. The molecule has 0 fully saturated rings. The van der Waals surface area contributed by atoms with Gasteiger partial charge in [0.05, 0.1) is 5.92 Å². The maximum absolute atomic E-state index is 12.4. The molecule has 1 aromatic heterocycles. The number of carbonyl (C=O) groups excluding carboxylic acids is 1. The molecule has 0 radical (unpaired) electrons. The fourth-order valence-corrected chi connectivity index (χ4v) is 4.07. The van der Waals surface area contributed by atoms with Crippen LogP contribution in [-0.4, -0.2) is 5.78 Å². The van der Waals surface area contributed by atoms with E-state index < -0.39 is 0 Å². The number of allylic oxidation sites excluding steroid dienone is 3. The Hall–Kier alpha value is -2.06. The van der Waals surface area contributed by atoms with Crippen molar-refractivity contribution in [3.8, 4) is 6.07 Å². The zero-order valence-electron chi connectivity index (χ0n) is 12.0. The van der Waals surface area contributed by atoms with Gasteiger partial charge in [0.1, 0.15) is 17.4 Å². The number of carbonyl (C=O) groups is 1. The molecular formula is C16H16N2O2S. The molecule has 3 rings (SSSR count). The summed E-state index contributed by atoms with van der Waals surface area (Å²) < 4.78 is 5.56. The minimum atomic E-state index is -0.364. The Morgan fingerprint density at radius 3 is 2.81 bits per heavy atom. The Morgan fingerprint density at radius 2 is 2.19 bits per heavy atom. The molecule has 21 heavy (non-hydrogen) atoms. The van der Waals surface area contributed by atoms with E-state index in [1.165, 1.54) is 0 Å². The van der Waals surface area contributed by atoms with Gasteiger partial charge in [-0.3, -0.25) is 4.79 Å². The summed E-state index contributed by atoms with van der Waals surface area (Å²) >= 11 is 1.67. The Balaban J connectivity index is 2.22. The van der Waals surface area contributed by atoms with Crippen LogP contribution in [0.2, 0.25) is 0 Å². The lowest BCUT2D eigenvalue weighted by Gasteiger charge is -2.30. The number of Topliss-reactive ketones (excluding diaryl/α,β-unsaturated/α-hetero) is 1. The van der Waals surface area contributed by atoms with Crippen molar-refractivity contribution in [1.29, 1.82) is 5.26 Å². The number of hydrogen-bond donors (Lipinski definition) is 1. The number of nitriles is 1. The third kappa shape index (κ3) is 2.16. The summed E-state index contributed by atoms with van der Waals surface area (Å²) in [6.45, 7) is 4.04. The molecule has 0 bridgehead atoms. The first-order chi connectivity index (χ1) is 10.0. The summed E-state index contributed by atoms with van der Waals surface area (Å²) in [6, 6.07) is 4.19. The quantitative estimate of drug-likeness (QED) is 0.864. The van der Waals surface area contributed by atoms with E-state index in [9.17, 15) is 10.1 Å². The second-order valence-electron chi connectivity index (χ2n) is 5.41. The van der Waals surface area contributed by atoms with Gasteiger partial charge in [-0.25, -0.2) is 0 Å². The van der Waals surface area contributed by atoms with Crippen LogP contribution in [0.3, 0.4) is 0 Å². The van der Waals surface area contributed by atoms with Gasteiger partial charge >= 0.3 is 0 Å². The molecule has 0 aromatic carbocycles. The van der Waals surface area contributed by atoms with Crippen molar-refractivity contribution < 1.29 is 9.53 Å². The van der Waals surface area contributed by atoms with Crippen molar-refractivity contribution in [3.05, 3.63) is 44.2 Å². The molecule has 2 heterocycles. The van der Waals surface area contributed by atoms with Gasteiger partial charge in [-0.05, 0) is 31.9 Å². The highest BCUT2D eigenvalue weighted by molar-refractivity contribution is 7.12. The maximum atomic E-state index is 12.4. The molecule has 5 heteroatoms. The second kappa shape index (κ2) is 5.05. The first kappa shape index (κ1) is 13.9. The first-order valence-corrected chi connectivity index (χ1v) is 7.75. The van der Waals surface area contributed by atoms with Crippen molar-refractivity contribution in [3.63, 3.8) is 0 Å². The number of hydrogen-bond acceptors (Lipinski definition) is 5. The third-order valence-corrected chi connectivity index (χ3v) is 4.98. The molecule has 1 aromatic rings. The highest BCUT2D eigenvalue weighted by Gasteiger charge is 2.38. The van der Waals surface area contributed by atoms with Crippen molar-refractivity contribution in [2.45, 2.75) is 39.0 Å². The molecule has 0 saturated heterocycles. The average Bonchev–Trinajstić information content (AvgIpc) is 2.76. The molecule has 0 unspecified atom stereocenters. The van der Waals surface area contributed by atoms with Gasteiger partial charge in [0, 0.05) is 28.2 Å². The number of nitrogens with zero attached hydrogens (tertiary/aromatic N) is 1. The predicted molar refractivity (Wildman–Crippen MR) is 80.3 cm³/mol. The standard InChI is InChI=1S/C16H16N2O2S/c1-8-6-10(9(2)21-8)14-11(7-17)16(18)20-13-5-3-4-12(19)15(13)14/h6,14H,3-5,18H2,1-2H3/t14-/m1/s1. The Kier molecular flexibility index (Phi) is 3.34. The van der Waals surface area contributed by atoms with E-state index in [0.29, 0.717) is 29.7 Å². The van der Waals surface area contributed by atoms with Crippen LogP contribution in [0.25, 0.3) is 0 Å². The molecule has 2 aliphatic rings. The molecule has 1 atom stereocenters. The van der Waals surface area contributed by atoms with Gasteiger partial charge in [-0.1, -0.05) is 0 Å². The first-order valence-electron chi connectivity index (χ1n) is 6.93. The van der Waals surface area contributed by atoms with Gasteiger partial charge < -0.3 is 10.5 Å². The molecule has 1 aliphatic heterocycles. The fourth-order valence-electron chi connectivity index (χ4n) is 3.10. The fraction of sp³-hybridized carbons (Fsp3) is 0.375. The van der Waals surface area contributed by atoms with Crippen molar-refractivity contribution in [1.82, 2.24) is 0 Å². The number of thiophene rings is 1. The minimum absolute atomic E-state index is 0.0738. The lowest BCUT2D eigenvalue weighted by atomic mass is 9.77. The smallest absolute Gasteiger partial charge is 0.205 e. The SMILES string of the molecule is Cc1cc([C@@H]2C(C#N)=C(N)OC3=C2C(=O)CCC3)c(C)s1. The van der Waals surface area contributed by atoms with Crippen molar-refractivity contribution in [2.75, 3.05) is 0 Å². The van der Waals surface area contributed by atoms with Crippen LogP contribution < -0.4 is 5.73 Å². The molecule has 0 spiro atoms. The zero-order chi connectivity index (χ0) is 15.1.